The third kappa shape index (κ3) is 2.84. The van der Waals surface area contributed by atoms with Crippen LogP contribution in [0.15, 0.2) is 41.9 Å². The number of amides is 1. The summed E-state index contributed by atoms with van der Waals surface area (Å²) in [5.41, 5.74) is 2.50. The zero-order chi connectivity index (χ0) is 18.5. The van der Waals surface area contributed by atoms with Gasteiger partial charge in [0.2, 0.25) is 0 Å². The van der Waals surface area contributed by atoms with Crippen LogP contribution in [0.25, 0.3) is 26.6 Å². The van der Waals surface area contributed by atoms with E-state index in [1.54, 1.807) is 23.5 Å². The lowest BCUT2D eigenvalue weighted by molar-refractivity contribution is 0.103. The van der Waals surface area contributed by atoms with Crippen molar-refractivity contribution in [2.75, 3.05) is 5.32 Å². The summed E-state index contributed by atoms with van der Waals surface area (Å²) in [6, 6.07) is 8.02. The highest BCUT2D eigenvalue weighted by Gasteiger charge is 2.17. The third-order valence-electron chi connectivity index (χ3n) is 4.10. The number of halogens is 1. The number of carbonyl (C=O) groups is 1. The van der Waals surface area contributed by atoms with E-state index in [1.165, 1.54) is 34.8 Å². The van der Waals surface area contributed by atoms with Gasteiger partial charge in [-0.3, -0.25) is 14.5 Å². The second-order valence-corrected chi connectivity index (χ2v) is 8.96. The van der Waals surface area contributed by atoms with E-state index in [1.807, 2.05) is 29.0 Å². The second-order valence-electron chi connectivity index (χ2n) is 5.85. The van der Waals surface area contributed by atoms with Crippen LogP contribution in [0.3, 0.4) is 0 Å². The maximum absolute atomic E-state index is 13.1. The van der Waals surface area contributed by atoms with Crippen LogP contribution in [0.2, 0.25) is 0 Å². The van der Waals surface area contributed by atoms with E-state index in [9.17, 15) is 9.18 Å². The predicted molar refractivity (Wildman–Crippen MR) is 109 cm³/mol. The number of hydrogen-bond donors (Lipinski definition) is 1. The second kappa shape index (κ2) is 6.22. The molecule has 0 aliphatic heterocycles. The van der Waals surface area contributed by atoms with Gasteiger partial charge in [0.05, 0.1) is 16.1 Å². The molecule has 0 saturated carbocycles. The minimum atomic E-state index is -0.289. The molecule has 0 radical (unpaired) electrons. The van der Waals surface area contributed by atoms with Crippen LogP contribution in [0.1, 0.15) is 14.5 Å². The number of carbonyl (C=O) groups excluding carboxylic acids is 1. The summed E-state index contributed by atoms with van der Waals surface area (Å²) in [5.74, 6) is -0.496. The Hall–Kier alpha value is -2.62. The summed E-state index contributed by atoms with van der Waals surface area (Å²) in [4.78, 5) is 25.0. The van der Waals surface area contributed by atoms with Gasteiger partial charge >= 0.3 is 0 Å². The number of hydrogen-bond acceptors (Lipinski definition) is 6. The van der Waals surface area contributed by atoms with Gasteiger partial charge in [-0.1, -0.05) is 0 Å². The van der Waals surface area contributed by atoms with E-state index in [2.05, 4.69) is 15.3 Å². The monoisotopic (exact) mass is 414 g/mol. The van der Waals surface area contributed by atoms with Gasteiger partial charge in [0, 0.05) is 22.0 Å². The molecule has 5 rings (SSSR count). The van der Waals surface area contributed by atoms with Crippen LogP contribution in [0.5, 0.6) is 0 Å². The van der Waals surface area contributed by atoms with Gasteiger partial charge in [-0.05, 0) is 37.3 Å². The Morgan fingerprint density at radius 1 is 1.19 bits per heavy atom. The number of nitrogens with zero attached hydrogens (tertiary/aromatic N) is 3. The highest BCUT2D eigenvalue weighted by molar-refractivity contribution is 7.21. The largest absolute Gasteiger partial charge is 0.297 e. The Bertz CT molecular complexity index is 1300. The highest BCUT2D eigenvalue weighted by atomic mass is 32.1. The van der Waals surface area contributed by atoms with Crippen molar-refractivity contribution in [3.05, 3.63) is 57.5 Å². The number of fused-ring (bicyclic) bond motifs is 3. The molecule has 0 aliphatic carbocycles. The Morgan fingerprint density at radius 3 is 2.81 bits per heavy atom. The van der Waals surface area contributed by atoms with Gasteiger partial charge in [-0.25, -0.2) is 14.4 Å². The number of rotatable bonds is 3. The molecule has 5 nitrogen and oxygen atoms in total. The summed E-state index contributed by atoms with van der Waals surface area (Å²) in [6.07, 6.45) is 1.95. The van der Waals surface area contributed by atoms with Gasteiger partial charge in [-0.2, -0.15) is 0 Å². The molecule has 27 heavy (non-hydrogen) atoms. The molecule has 4 heterocycles. The summed E-state index contributed by atoms with van der Waals surface area (Å²) >= 11 is 4.32. The van der Waals surface area contributed by atoms with Crippen LogP contribution in [0.4, 0.5) is 9.52 Å². The van der Waals surface area contributed by atoms with Crippen molar-refractivity contribution in [2.24, 2.45) is 0 Å². The minimum absolute atomic E-state index is 0.207. The van der Waals surface area contributed by atoms with Crippen molar-refractivity contribution in [2.45, 2.75) is 6.92 Å². The number of nitrogens with one attached hydrogen (secondary N) is 1. The zero-order valence-corrected chi connectivity index (χ0v) is 16.3. The van der Waals surface area contributed by atoms with Crippen LogP contribution in [-0.4, -0.2) is 20.3 Å². The first-order valence-electron chi connectivity index (χ1n) is 7.98. The van der Waals surface area contributed by atoms with Crippen LogP contribution in [0, 0.1) is 12.7 Å². The van der Waals surface area contributed by atoms with Crippen LogP contribution in [-0.2, 0) is 0 Å². The molecule has 4 aromatic heterocycles. The van der Waals surface area contributed by atoms with E-state index in [0.717, 1.165) is 31.4 Å². The van der Waals surface area contributed by atoms with Crippen molar-refractivity contribution in [3.8, 4) is 11.3 Å². The average molecular weight is 415 g/mol. The Labute approximate surface area is 164 Å². The molecule has 1 aromatic carbocycles. The number of aryl methyl sites for hydroxylation is 1. The Kier molecular flexibility index (Phi) is 3.81. The van der Waals surface area contributed by atoms with Crippen molar-refractivity contribution in [1.29, 1.82) is 0 Å². The first kappa shape index (κ1) is 16.5. The van der Waals surface area contributed by atoms with Gasteiger partial charge in [0.15, 0.2) is 10.1 Å². The summed E-state index contributed by atoms with van der Waals surface area (Å²) < 4.78 is 15.1. The minimum Gasteiger partial charge on any atom is -0.297 e. The van der Waals surface area contributed by atoms with E-state index < -0.39 is 0 Å². The fourth-order valence-corrected chi connectivity index (χ4v) is 5.37. The van der Waals surface area contributed by atoms with Crippen molar-refractivity contribution >= 4 is 60.4 Å². The number of thiazole rings is 2. The molecule has 0 bridgehead atoms. The fourth-order valence-electron chi connectivity index (χ4n) is 2.84. The van der Waals surface area contributed by atoms with Gasteiger partial charge in [0.25, 0.3) is 5.91 Å². The van der Waals surface area contributed by atoms with Gasteiger partial charge < -0.3 is 0 Å². The number of anilines is 1. The molecular formula is C18H11FN4OS3. The molecule has 0 fully saturated rings. The molecule has 9 heteroatoms. The molecule has 0 aliphatic rings. The molecule has 1 amide bonds. The smallest absolute Gasteiger partial charge is 0.267 e. The molecule has 0 atom stereocenters. The van der Waals surface area contributed by atoms with Crippen molar-refractivity contribution < 1.29 is 9.18 Å². The highest BCUT2D eigenvalue weighted by Crippen LogP contribution is 2.32. The molecule has 1 N–H and O–H groups in total. The first-order valence-corrected chi connectivity index (χ1v) is 10.5. The lowest BCUT2D eigenvalue weighted by atomic mass is 10.1. The number of imidazole rings is 1. The normalized spacial score (nSPS) is 11.5. The Balaban J connectivity index is 1.43. The standard InChI is InChI=1S/C18H11FN4OS3/c1-9-14(10-2-4-11(19)5-3-10)20-17(26-9)21-15(24)13-8-12-16(27-13)22-18-23(12)6-7-25-18/h2-8H,1H3,(H,20,21,24). The fraction of sp³-hybridized carbons (Fsp3) is 0.0556. The van der Waals surface area contributed by atoms with Gasteiger partial charge in [0.1, 0.15) is 10.6 Å². The van der Waals surface area contributed by atoms with Crippen LogP contribution >= 0.6 is 34.0 Å². The van der Waals surface area contributed by atoms with E-state index >= 15 is 0 Å². The van der Waals surface area contributed by atoms with Crippen molar-refractivity contribution in [1.82, 2.24) is 14.4 Å². The van der Waals surface area contributed by atoms with Crippen LogP contribution < -0.4 is 5.32 Å². The predicted octanol–water partition coefficient (Wildman–Crippen LogP) is 5.43. The number of thiophene rings is 1. The molecule has 134 valence electrons. The zero-order valence-electron chi connectivity index (χ0n) is 13.9. The molecule has 0 spiro atoms. The quantitative estimate of drug-likeness (QED) is 0.428. The van der Waals surface area contributed by atoms with E-state index in [4.69, 9.17) is 0 Å². The van der Waals surface area contributed by atoms with Crippen molar-refractivity contribution in [3.63, 3.8) is 0 Å². The summed E-state index contributed by atoms with van der Waals surface area (Å²) in [6.45, 7) is 1.93. The summed E-state index contributed by atoms with van der Waals surface area (Å²) in [5, 5.41) is 5.35. The maximum Gasteiger partial charge on any atom is 0.267 e. The van der Waals surface area contributed by atoms with Gasteiger partial charge in [-0.15, -0.1) is 34.0 Å². The maximum atomic E-state index is 13.1. The number of benzene rings is 1. The molecule has 0 unspecified atom stereocenters. The van der Waals surface area contributed by atoms with E-state index in [0.29, 0.717) is 10.0 Å². The summed E-state index contributed by atoms with van der Waals surface area (Å²) in [7, 11) is 0. The number of aromatic nitrogens is 3. The topological polar surface area (TPSA) is 59.3 Å². The third-order valence-corrected chi connectivity index (χ3v) is 6.76. The first-order chi connectivity index (χ1) is 13.1. The Morgan fingerprint density at radius 2 is 2.00 bits per heavy atom. The molecular weight excluding hydrogens is 403 g/mol. The lowest BCUT2D eigenvalue weighted by Gasteiger charge is -1.99. The molecule has 0 saturated heterocycles. The molecule has 5 aromatic rings. The SMILES string of the molecule is Cc1sc(NC(=O)c2cc3c(nc4sccn43)s2)nc1-c1ccc(F)cc1. The lowest BCUT2D eigenvalue weighted by Crippen LogP contribution is -2.09. The van der Waals surface area contributed by atoms with E-state index in [-0.39, 0.29) is 11.7 Å². The average Bonchev–Trinajstić information content (AvgIpc) is 3.37.